The molecule has 0 bridgehead atoms. The fourth-order valence-electron chi connectivity index (χ4n) is 1.39. The van der Waals surface area contributed by atoms with Crippen molar-refractivity contribution >= 4 is 59.4 Å². The molecule has 0 atom stereocenters. The van der Waals surface area contributed by atoms with Crippen molar-refractivity contribution in [2.24, 2.45) is 0 Å². The molecule has 1 amide bonds. The van der Waals surface area contributed by atoms with Gasteiger partial charge >= 0.3 is 0 Å². The monoisotopic (exact) mass is 454 g/mol. The maximum atomic E-state index is 11.9. The van der Waals surface area contributed by atoms with E-state index in [2.05, 4.69) is 65.3 Å². The van der Waals surface area contributed by atoms with Crippen molar-refractivity contribution in [2.45, 2.75) is 32.7 Å². The molecule has 0 aliphatic carbocycles. The van der Waals surface area contributed by atoms with Gasteiger partial charge in [-0.05, 0) is 64.3 Å². The maximum absolute atomic E-state index is 11.9. The van der Waals surface area contributed by atoms with Crippen LogP contribution in [0, 0.1) is 0 Å². The smallest absolute Gasteiger partial charge is 0.239 e. The first kappa shape index (κ1) is 17.0. The summed E-state index contributed by atoms with van der Waals surface area (Å²) in [7, 11) is 0. The van der Waals surface area contributed by atoms with Gasteiger partial charge in [-0.25, -0.2) is 0 Å². The number of rotatable bonds is 5. The molecular formula is C13H17Br3N2O. The Kier molecular flexibility index (Phi) is 6.33. The van der Waals surface area contributed by atoms with Gasteiger partial charge in [-0.2, -0.15) is 0 Å². The number of hydrogen-bond donors (Lipinski definition) is 2. The van der Waals surface area contributed by atoms with Crippen LogP contribution in [0.5, 0.6) is 0 Å². The predicted molar refractivity (Wildman–Crippen MR) is 90.5 cm³/mol. The lowest BCUT2D eigenvalue weighted by Gasteiger charge is -2.24. The minimum atomic E-state index is -0.174. The summed E-state index contributed by atoms with van der Waals surface area (Å²) in [6, 6.07) is 3.86. The van der Waals surface area contributed by atoms with Crippen LogP contribution in [-0.4, -0.2) is 18.0 Å². The first-order valence-corrected chi connectivity index (χ1v) is 8.32. The highest BCUT2D eigenvalue weighted by molar-refractivity contribution is 9.11. The molecule has 0 radical (unpaired) electrons. The molecule has 19 heavy (non-hydrogen) atoms. The number of benzene rings is 1. The zero-order valence-electron chi connectivity index (χ0n) is 11.1. The lowest BCUT2D eigenvalue weighted by Crippen LogP contribution is -2.45. The van der Waals surface area contributed by atoms with E-state index in [0.717, 1.165) is 25.5 Å². The van der Waals surface area contributed by atoms with Crippen LogP contribution in [0.25, 0.3) is 0 Å². The molecule has 0 heterocycles. The van der Waals surface area contributed by atoms with Gasteiger partial charge in [0.2, 0.25) is 5.91 Å². The van der Waals surface area contributed by atoms with Crippen LogP contribution in [0.15, 0.2) is 25.6 Å². The van der Waals surface area contributed by atoms with Gasteiger partial charge in [-0.15, -0.1) is 0 Å². The Morgan fingerprint density at radius 1 is 1.21 bits per heavy atom. The van der Waals surface area contributed by atoms with E-state index in [1.165, 1.54) is 0 Å². The van der Waals surface area contributed by atoms with E-state index in [1.54, 1.807) is 0 Å². The average molecular weight is 457 g/mol. The molecule has 0 aliphatic rings. The summed E-state index contributed by atoms with van der Waals surface area (Å²) in [5.74, 6) is -0.0198. The van der Waals surface area contributed by atoms with Crippen LogP contribution >= 0.6 is 47.8 Å². The molecule has 1 aromatic rings. The lowest BCUT2D eigenvalue weighted by atomic mass is 10.0. The van der Waals surface area contributed by atoms with E-state index < -0.39 is 0 Å². The van der Waals surface area contributed by atoms with Crippen LogP contribution in [0.2, 0.25) is 0 Å². The number of nitrogens with one attached hydrogen (secondary N) is 2. The summed E-state index contributed by atoms with van der Waals surface area (Å²) >= 11 is 10.3. The minimum absolute atomic E-state index is 0.0198. The number of anilines is 1. The highest BCUT2D eigenvalue weighted by atomic mass is 79.9. The zero-order valence-corrected chi connectivity index (χ0v) is 15.9. The van der Waals surface area contributed by atoms with Gasteiger partial charge in [-0.3, -0.25) is 4.79 Å². The molecule has 6 heteroatoms. The molecule has 2 N–H and O–H groups in total. The molecule has 0 spiro atoms. The first-order chi connectivity index (χ1) is 8.75. The number of carbonyl (C=O) groups is 1. The van der Waals surface area contributed by atoms with Gasteiger partial charge in [0, 0.05) is 19.0 Å². The Balaban J connectivity index is 2.65. The van der Waals surface area contributed by atoms with Gasteiger partial charge in [0.25, 0.3) is 0 Å². The Bertz CT molecular complexity index is 452. The van der Waals surface area contributed by atoms with E-state index in [0.29, 0.717) is 0 Å². The molecule has 0 saturated heterocycles. The average Bonchev–Trinajstić information content (AvgIpc) is 2.26. The van der Waals surface area contributed by atoms with Crippen molar-refractivity contribution in [1.29, 1.82) is 0 Å². The van der Waals surface area contributed by atoms with Crippen molar-refractivity contribution in [1.82, 2.24) is 5.32 Å². The maximum Gasteiger partial charge on any atom is 0.239 e. The van der Waals surface area contributed by atoms with Crippen molar-refractivity contribution < 1.29 is 4.79 Å². The fraction of sp³-hybridized carbons (Fsp3) is 0.462. The zero-order chi connectivity index (χ0) is 14.6. The Hall–Kier alpha value is -0.0700. The third kappa shape index (κ3) is 5.44. The molecular weight excluding hydrogens is 440 g/mol. The summed E-state index contributed by atoms with van der Waals surface area (Å²) in [6.07, 6.45) is 0.893. The minimum Gasteiger partial charge on any atom is -0.374 e. The quantitative estimate of drug-likeness (QED) is 0.674. The van der Waals surface area contributed by atoms with Crippen LogP contribution in [0.4, 0.5) is 5.69 Å². The third-order valence-electron chi connectivity index (χ3n) is 2.79. The summed E-state index contributed by atoms with van der Waals surface area (Å²) in [5, 5.41) is 6.11. The van der Waals surface area contributed by atoms with E-state index in [9.17, 15) is 4.79 Å². The van der Waals surface area contributed by atoms with Gasteiger partial charge in [0.05, 0.1) is 12.2 Å². The van der Waals surface area contributed by atoms with E-state index in [4.69, 9.17) is 0 Å². The third-order valence-corrected chi connectivity index (χ3v) is 4.50. The highest BCUT2D eigenvalue weighted by Gasteiger charge is 2.17. The second-order valence-electron chi connectivity index (χ2n) is 4.88. The Morgan fingerprint density at radius 3 is 2.21 bits per heavy atom. The first-order valence-electron chi connectivity index (χ1n) is 5.94. The number of amides is 1. The second kappa shape index (κ2) is 7.09. The Morgan fingerprint density at radius 2 is 1.74 bits per heavy atom. The van der Waals surface area contributed by atoms with Gasteiger partial charge < -0.3 is 10.6 Å². The summed E-state index contributed by atoms with van der Waals surface area (Å²) in [6.45, 7) is 6.31. The van der Waals surface area contributed by atoms with Crippen molar-refractivity contribution in [2.75, 3.05) is 11.9 Å². The largest absolute Gasteiger partial charge is 0.374 e. The van der Waals surface area contributed by atoms with Gasteiger partial charge in [0.15, 0.2) is 0 Å². The molecule has 1 rings (SSSR count). The van der Waals surface area contributed by atoms with Crippen LogP contribution in [0.1, 0.15) is 27.2 Å². The van der Waals surface area contributed by atoms with E-state index in [-0.39, 0.29) is 18.0 Å². The Labute approximate surface area is 139 Å². The molecule has 0 aliphatic heterocycles. The molecule has 0 fully saturated rings. The summed E-state index contributed by atoms with van der Waals surface area (Å²) in [4.78, 5) is 11.9. The molecule has 0 aromatic heterocycles. The fourth-order valence-corrected chi connectivity index (χ4v) is 3.93. The van der Waals surface area contributed by atoms with E-state index >= 15 is 0 Å². The standard InChI is InChI=1S/C13H17Br3N2O/c1-4-13(2,3)18-11(19)7-17-12-9(15)5-8(14)6-10(12)16/h5-6,17H,4,7H2,1-3H3,(H,18,19). The predicted octanol–water partition coefficient (Wildman–Crippen LogP) is 4.69. The number of carbonyl (C=O) groups excluding carboxylic acids is 1. The molecule has 0 saturated carbocycles. The lowest BCUT2D eigenvalue weighted by molar-refractivity contribution is -0.121. The molecule has 0 unspecified atom stereocenters. The van der Waals surface area contributed by atoms with Crippen LogP contribution in [0.3, 0.4) is 0 Å². The summed E-state index contributed by atoms with van der Waals surface area (Å²) in [5.41, 5.74) is 0.695. The number of hydrogen-bond acceptors (Lipinski definition) is 2. The van der Waals surface area contributed by atoms with Crippen LogP contribution in [-0.2, 0) is 4.79 Å². The molecule has 3 nitrogen and oxygen atoms in total. The number of halogens is 3. The van der Waals surface area contributed by atoms with Crippen molar-refractivity contribution in [3.63, 3.8) is 0 Å². The summed E-state index contributed by atoms with van der Waals surface area (Å²) < 4.78 is 2.76. The normalized spacial score (nSPS) is 11.3. The topological polar surface area (TPSA) is 41.1 Å². The molecule has 1 aromatic carbocycles. The van der Waals surface area contributed by atoms with Crippen molar-refractivity contribution in [3.8, 4) is 0 Å². The highest BCUT2D eigenvalue weighted by Crippen LogP contribution is 2.34. The van der Waals surface area contributed by atoms with Gasteiger partial charge in [0.1, 0.15) is 0 Å². The molecule has 106 valence electrons. The second-order valence-corrected chi connectivity index (χ2v) is 7.51. The van der Waals surface area contributed by atoms with Gasteiger partial charge in [-0.1, -0.05) is 22.9 Å². The van der Waals surface area contributed by atoms with Crippen LogP contribution < -0.4 is 10.6 Å². The van der Waals surface area contributed by atoms with Crippen molar-refractivity contribution in [3.05, 3.63) is 25.6 Å². The SMILES string of the molecule is CCC(C)(C)NC(=O)CNc1c(Br)cc(Br)cc1Br. The van der Waals surface area contributed by atoms with E-state index in [1.807, 2.05) is 26.0 Å².